The molecule has 1 heterocycles. The summed E-state index contributed by atoms with van der Waals surface area (Å²) in [5.74, 6) is 0.904. The summed E-state index contributed by atoms with van der Waals surface area (Å²) in [6.07, 6.45) is 8.13. The third kappa shape index (κ3) is 2.68. The summed E-state index contributed by atoms with van der Waals surface area (Å²) in [4.78, 5) is 11.7. The van der Waals surface area contributed by atoms with Crippen molar-refractivity contribution >= 4 is 5.97 Å². The number of allylic oxidation sites excluding steroid dienone is 3. The van der Waals surface area contributed by atoms with Gasteiger partial charge in [-0.3, -0.25) is 4.79 Å². The molecule has 2 atom stereocenters. The van der Waals surface area contributed by atoms with E-state index in [9.17, 15) is 4.79 Å². The second kappa shape index (κ2) is 4.91. The molecule has 0 radical (unpaired) electrons. The highest BCUT2D eigenvalue weighted by Crippen LogP contribution is 2.34. The van der Waals surface area contributed by atoms with Gasteiger partial charge in [0.25, 0.3) is 0 Å². The van der Waals surface area contributed by atoms with Crippen LogP contribution in [0.2, 0.25) is 0 Å². The summed E-state index contributed by atoms with van der Waals surface area (Å²) in [6, 6.07) is 0. The van der Waals surface area contributed by atoms with Gasteiger partial charge in [0.05, 0.1) is 5.92 Å². The number of carbonyl (C=O) groups is 1. The van der Waals surface area contributed by atoms with Gasteiger partial charge in [-0.25, -0.2) is 0 Å². The number of hydrogen-bond donors (Lipinski definition) is 0. The molecule has 2 nitrogen and oxygen atoms in total. The molecule has 0 spiro atoms. The van der Waals surface area contributed by atoms with E-state index < -0.39 is 0 Å². The largest absolute Gasteiger partial charge is 0.430 e. The van der Waals surface area contributed by atoms with Crippen LogP contribution < -0.4 is 0 Å². The van der Waals surface area contributed by atoms with Gasteiger partial charge in [-0.15, -0.1) is 0 Å². The molecule has 17 heavy (non-hydrogen) atoms. The molecule has 0 aromatic rings. The maximum absolute atomic E-state index is 11.7. The maximum atomic E-state index is 11.7. The molecule has 0 aromatic carbocycles. The van der Waals surface area contributed by atoms with E-state index in [4.69, 9.17) is 4.74 Å². The van der Waals surface area contributed by atoms with Gasteiger partial charge in [-0.05, 0) is 45.6 Å². The average Bonchev–Trinajstić information content (AvgIpc) is 2.59. The molecule has 0 N–H and O–H groups in total. The Balaban J connectivity index is 2.24. The number of esters is 1. The second-order valence-corrected chi connectivity index (χ2v) is 5.16. The van der Waals surface area contributed by atoms with E-state index in [1.807, 2.05) is 13.0 Å². The van der Waals surface area contributed by atoms with Crippen LogP contribution in [0.15, 0.2) is 35.6 Å². The monoisotopic (exact) mass is 232 g/mol. The molecule has 0 fully saturated rings. The van der Waals surface area contributed by atoms with Crippen LogP contribution >= 0.6 is 0 Å². The van der Waals surface area contributed by atoms with E-state index in [0.717, 1.165) is 37.0 Å². The Kier molecular flexibility index (Phi) is 3.51. The number of fused-ring (bicyclic) bond motifs is 1. The lowest BCUT2D eigenvalue weighted by atomic mass is 9.89. The van der Waals surface area contributed by atoms with E-state index in [0.29, 0.717) is 0 Å². The SMILES string of the molecule is C=C(C)[C@H]1CC/C(C)=C/CC[C@@H]2C=C1OC2=O. The lowest BCUT2D eigenvalue weighted by molar-refractivity contribution is -0.140. The van der Waals surface area contributed by atoms with Crippen LogP contribution in [0.5, 0.6) is 0 Å². The van der Waals surface area contributed by atoms with Crippen LogP contribution in [0.3, 0.4) is 0 Å². The second-order valence-electron chi connectivity index (χ2n) is 5.16. The number of carbonyl (C=O) groups excluding carboxylic acids is 1. The van der Waals surface area contributed by atoms with Gasteiger partial charge < -0.3 is 4.74 Å². The van der Waals surface area contributed by atoms with Crippen LogP contribution in [0.1, 0.15) is 39.5 Å². The lowest BCUT2D eigenvalue weighted by Gasteiger charge is -2.17. The molecule has 2 heteroatoms. The zero-order valence-corrected chi connectivity index (χ0v) is 10.7. The van der Waals surface area contributed by atoms with E-state index in [2.05, 4.69) is 19.6 Å². The molecule has 2 aliphatic rings. The van der Waals surface area contributed by atoms with Crippen molar-refractivity contribution in [3.8, 4) is 0 Å². The molecule has 0 saturated heterocycles. The number of hydrogen-bond acceptors (Lipinski definition) is 2. The minimum atomic E-state index is -0.0841. The Hall–Kier alpha value is -1.31. The van der Waals surface area contributed by atoms with Gasteiger partial charge in [0.2, 0.25) is 0 Å². The molecule has 1 aliphatic carbocycles. The molecule has 2 bridgehead atoms. The van der Waals surface area contributed by atoms with Gasteiger partial charge in [-0.1, -0.05) is 23.8 Å². The summed E-state index contributed by atoms with van der Waals surface area (Å²) >= 11 is 0. The summed E-state index contributed by atoms with van der Waals surface area (Å²) < 4.78 is 5.40. The molecule has 0 amide bonds. The van der Waals surface area contributed by atoms with Crippen molar-refractivity contribution < 1.29 is 9.53 Å². The standard InChI is InChI=1S/C15H20O2/c1-10(2)13-8-7-11(3)5-4-6-12-9-14(13)17-15(12)16/h5,9,12-13H,1,4,6-8H2,2-3H3/b11-5+/t12-,13-/m1/s1. The van der Waals surface area contributed by atoms with Crippen molar-refractivity contribution in [2.75, 3.05) is 0 Å². The van der Waals surface area contributed by atoms with E-state index in [-0.39, 0.29) is 17.8 Å². The fraction of sp³-hybridized carbons (Fsp3) is 0.533. The predicted octanol–water partition coefficient (Wildman–Crippen LogP) is 3.76. The Morgan fingerprint density at radius 3 is 2.94 bits per heavy atom. The first-order valence-corrected chi connectivity index (χ1v) is 6.32. The summed E-state index contributed by atoms with van der Waals surface area (Å²) in [5.41, 5.74) is 2.49. The number of ether oxygens (including phenoxy) is 1. The minimum Gasteiger partial charge on any atom is -0.430 e. The first kappa shape index (κ1) is 12.2. The van der Waals surface area contributed by atoms with Gasteiger partial charge in [0.1, 0.15) is 5.76 Å². The fourth-order valence-corrected chi connectivity index (χ4v) is 2.50. The molecule has 1 aliphatic heterocycles. The van der Waals surface area contributed by atoms with Crippen LogP contribution in [0.25, 0.3) is 0 Å². The highest BCUT2D eigenvalue weighted by atomic mass is 16.5. The van der Waals surface area contributed by atoms with Gasteiger partial charge in [0.15, 0.2) is 0 Å². The van der Waals surface area contributed by atoms with Crippen LogP contribution in [-0.4, -0.2) is 5.97 Å². The average molecular weight is 232 g/mol. The Labute approximate surface area is 103 Å². The van der Waals surface area contributed by atoms with E-state index in [1.54, 1.807) is 0 Å². The zero-order chi connectivity index (χ0) is 12.4. The normalized spacial score (nSPS) is 32.2. The third-order valence-corrected chi connectivity index (χ3v) is 3.62. The van der Waals surface area contributed by atoms with E-state index >= 15 is 0 Å². The van der Waals surface area contributed by atoms with Gasteiger partial charge >= 0.3 is 5.97 Å². The molecule has 0 aromatic heterocycles. The topological polar surface area (TPSA) is 26.3 Å². The van der Waals surface area contributed by atoms with E-state index in [1.165, 1.54) is 5.57 Å². The predicted molar refractivity (Wildman–Crippen MR) is 68.2 cm³/mol. The van der Waals surface area contributed by atoms with Crippen molar-refractivity contribution in [3.63, 3.8) is 0 Å². The van der Waals surface area contributed by atoms with Crippen LogP contribution in [0, 0.1) is 11.8 Å². The smallest absolute Gasteiger partial charge is 0.318 e. The highest BCUT2D eigenvalue weighted by molar-refractivity contribution is 5.78. The van der Waals surface area contributed by atoms with Crippen molar-refractivity contribution in [2.24, 2.45) is 11.8 Å². The zero-order valence-electron chi connectivity index (χ0n) is 10.7. The molecule has 0 saturated carbocycles. The molecule has 0 unspecified atom stereocenters. The van der Waals surface area contributed by atoms with Crippen LogP contribution in [-0.2, 0) is 9.53 Å². The highest BCUT2D eigenvalue weighted by Gasteiger charge is 2.31. The quantitative estimate of drug-likeness (QED) is 0.508. The van der Waals surface area contributed by atoms with Crippen molar-refractivity contribution in [3.05, 3.63) is 35.6 Å². The summed E-state index contributed by atoms with van der Waals surface area (Å²) in [5, 5.41) is 0. The van der Waals surface area contributed by atoms with Gasteiger partial charge in [0, 0.05) is 5.92 Å². The van der Waals surface area contributed by atoms with Crippen LogP contribution in [0.4, 0.5) is 0 Å². The van der Waals surface area contributed by atoms with Crippen molar-refractivity contribution in [1.82, 2.24) is 0 Å². The third-order valence-electron chi connectivity index (χ3n) is 3.62. The first-order chi connectivity index (χ1) is 8.08. The summed E-state index contributed by atoms with van der Waals surface area (Å²) in [7, 11) is 0. The Morgan fingerprint density at radius 1 is 1.47 bits per heavy atom. The number of rotatable bonds is 1. The summed E-state index contributed by atoms with van der Waals surface area (Å²) in [6.45, 7) is 8.19. The van der Waals surface area contributed by atoms with Crippen molar-refractivity contribution in [2.45, 2.75) is 39.5 Å². The lowest BCUT2D eigenvalue weighted by Crippen LogP contribution is -2.10. The molecule has 2 rings (SSSR count). The van der Waals surface area contributed by atoms with Crippen molar-refractivity contribution in [1.29, 1.82) is 0 Å². The Morgan fingerprint density at radius 2 is 2.24 bits per heavy atom. The fourth-order valence-electron chi connectivity index (χ4n) is 2.50. The Bertz CT molecular complexity index is 401. The molecular weight excluding hydrogens is 212 g/mol. The minimum absolute atomic E-state index is 0.0472. The molecule has 92 valence electrons. The first-order valence-electron chi connectivity index (χ1n) is 6.32. The maximum Gasteiger partial charge on any atom is 0.318 e. The van der Waals surface area contributed by atoms with Gasteiger partial charge in [-0.2, -0.15) is 0 Å². The molecular formula is C15H20O2.